The van der Waals surface area contributed by atoms with Crippen molar-refractivity contribution in [1.29, 1.82) is 0 Å². The minimum atomic E-state index is -3.62. The number of likely N-dealkylation sites (tertiary alicyclic amines) is 1. The van der Waals surface area contributed by atoms with Crippen LogP contribution >= 0.6 is 0 Å². The zero-order chi connectivity index (χ0) is 19.1. The molecule has 2 heterocycles. The van der Waals surface area contributed by atoms with E-state index in [1.165, 1.54) is 0 Å². The summed E-state index contributed by atoms with van der Waals surface area (Å²) in [4.78, 5) is 14.5. The van der Waals surface area contributed by atoms with Gasteiger partial charge in [0.2, 0.25) is 10.0 Å². The molecule has 0 bridgehead atoms. The molecular weight excluding hydrogens is 362 g/mol. The molecule has 0 radical (unpaired) electrons. The topological polar surface area (TPSA) is 69.7 Å². The van der Waals surface area contributed by atoms with E-state index in [0.29, 0.717) is 37.5 Å². The molecule has 1 N–H and O–H groups in total. The molecule has 1 atom stereocenters. The molecule has 2 aromatic rings. The summed E-state index contributed by atoms with van der Waals surface area (Å²) >= 11 is 0. The third kappa shape index (κ3) is 2.82. The Morgan fingerprint density at radius 2 is 1.81 bits per heavy atom. The summed E-state index contributed by atoms with van der Waals surface area (Å²) in [6.07, 6.45) is 0.590. The summed E-state index contributed by atoms with van der Waals surface area (Å²) in [5.41, 5.74) is 1.02. The molecule has 27 heavy (non-hydrogen) atoms. The molecule has 1 fully saturated rings. The first-order valence-electron chi connectivity index (χ1n) is 9.18. The van der Waals surface area contributed by atoms with Crippen LogP contribution in [0.5, 0.6) is 0 Å². The van der Waals surface area contributed by atoms with E-state index in [1.807, 2.05) is 49.4 Å². The van der Waals surface area contributed by atoms with Crippen molar-refractivity contribution in [2.45, 2.75) is 30.3 Å². The largest absolute Gasteiger partial charge is 0.338 e. The Bertz CT molecular complexity index is 961. The fraction of sp³-hybridized carbons (Fsp3) is 0.350. The number of nitrogens with one attached hydrogen (secondary N) is 1. The quantitative estimate of drug-likeness (QED) is 0.883. The molecule has 7 heteroatoms. The minimum Gasteiger partial charge on any atom is -0.338 e. The van der Waals surface area contributed by atoms with E-state index in [9.17, 15) is 13.2 Å². The van der Waals surface area contributed by atoms with E-state index in [-0.39, 0.29) is 6.03 Å². The van der Waals surface area contributed by atoms with Crippen LogP contribution < -0.4 is 5.32 Å². The third-order valence-electron chi connectivity index (χ3n) is 5.47. The van der Waals surface area contributed by atoms with Crippen molar-refractivity contribution in [2.75, 3.05) is 19.6 Å². The summed E-state index contributed by atoms with van der Waals surface area (Å²) in [6, 6.07) is 16.6. The lowest BCUT2D eigenvalue weighted by Gasteiger charge is -2.34. The second-order valence-electron chi connectivity index (χ2n) is 7.03. The van der Waals surface area contributed by atoms with Crippen LogP contribution in [-0.4, -0.2) is 43.3 Å². The van der Waals surface area contributed by atoms with E-state index < -0.39 is 15.6 Å². The van der Waals surface area contributed by atoms with E-state index >= 15 is 0 Å². The Labute approximate surface area is 159 Å². The standard InChI is InChI=1S/C20H23N3O3S/c1-2-21-19(24)22-13-12-20(15-22)17-10-6-7-11-18(17)27(25,26)23(20)14-16-8-4-3-5-9-16/h3-11H,2,12-15H2,1H3,(H,21,24). The number of urea groups is 1. The summed E-state index contributed by atoms with van der Waals surface area (Å²) in [6.45, 7) is 3.61. The Hall–Kier alpha value is -2.38. The Kier molecular flexibility index (Phi) is 4.44. The van der Waals surface area contributed by atoms with Gasteiger partial charge in [0.05, 0.1) is 10.4 Å². The monoisotopic (exact) mass is 385 g/mol. The van der Waals surface area contributed by atoms with Crippen LogP contribution in [0.2, 0.25) is 0 Å². The van der Waals surface area contributed by atoms with E-state index in [1.54, 1.807) is 21.3 Å². The van der Waals surface area contributed by atoms with Crippen molar-refractivity contribution in [3.63, 3.8) is 0 Å². The Balaban J connectivity index is 1.78. The summed E-state index contributed by atoms with van der Waals surface area (Å²) < 4.78 is 28.3. The number of benzene rings is 2. The van der Waals surface area contributed by atoms with Gasteiger partial charge in [0.15, 0.2) is 0 Å². The molecule has 142 valence electrons. The Morgan fingerprint density at radius 3 is 2.56 bits per heavy atom. The fourth-order valence-corrected chi connectivity index (χ4v) is 6.25. The molecule has 0 aromatic heterocycles. The normalized spacial score (nSPS) is 23.5. The van der Waals surface area contributed by atoms with Gasteiger partial charge in [-0.15, -0.1) is 0 Å². The molecule has 1 saturated heterocycles. The van der Waals surface area contributed by atoms with Crippen molar-refractivity contribution < 1.29 is 13.2 Å². The van der Waals surface area contributed by atoms with Crippen LogP contribution in [-0.2, 0) is 22.1 Å². The highest BCUT2D eigenvalue weighted by molar-refractivity contribution is 7.89. The molecule has 1 unspecified atom stereocenters. The number of carbonyl (C=O) groups is 1. The van der Waals surface area contributed by atoms with Gasteiger partial charge in [-0.2, -0.15) is 4.31 Å². The zero-order valence-electron chi connectivity index (χ0n) is 15.3. The van der Waals surface area contributed by atoms with Crippen molar-refractivity contribution in [2.24, 2.45) is 0 Å². The van der Waals surface area contributed by atoms with Gasteiger partial charge in [0, 0.05) is 26.2 Å². The SMILES string of the molecule is CCNC(=O)N1CCC2(C1)c1ccccc1S(=O)(=O)N2Cc1ccccc1. The number of fused-ring (bicyclic) bond motifs is 2. The van der Waals surface area contributed by atoms with Gasteiger partial charge < -0.3 is 10.2 Å². The van der Waals surface area contributed by atoms with Crippen molar-refractivity contribution in [1.82, 2.24) is 14.5 Å². The molecule has 0 aliphatic carbocycles. The smallest absolute Gasteiger partial charge is 0.317 e. The van der Waals surface area contributed by atoms with Crippen LogP contribution in [0.15, 0.2) is 59.5 Å². The highest BCUT2D eigenvalue weighted by atomic mass is 32.2. The summed E-state index contributed by atoms with van der Waals surface area (Å²) in [5, 5.41) is 2.82. The average molecular weight is 385 g/mol. The summed E-state index contributed by atoms with van der Waals surface area (Å²) in [5.74, 6) is 0. The zero-order valence-corrected chi connectivity index (χ0v) is 16.1. The predicted molar refractivity (Wildman–Crippen MR) is 103 cm³/mol. The predicted octanol–water partition coefficient (Wildman–Crippen LogP) is 2.52. The lowest BCUT2D eigenvalue weighted by Crippen LogP contribution is -2.47. The molecule has 0 saturated carbocycles. The molecule has 4 rings (SSSR count). The third-order valence-corrected chi connectivity index (χ3v) is 7.44. The number of sulfonamides is 1. The number of hydrogen-bond donors (Lipinski definition) is 1. The van der Waals surface area contributed by atoms with Crippen LogP contribution in [0, 0.1) is 0 Å². The second-order valence-corrected chi connectivity index (χ2v) is 8.86. The highest BCUT2D eigenvalue weighted by Crippen LogP contribution is 2.49. The lowest BCUT2D eigenvalue weighted by molar-refractivity contribution is 0.178. The van der Waals surface area contributed by atoms with E-state index in [0.717, 1.165) is 11.1 Å². The van der Waals surface area contributed by atoms with Gasteiger partial charge in [-0.05, 0) is 30.5 Å². The number of rotatable bonds is 3. The molecule has 2 aliphatic heterocycles. The van der Waals surface area contributed by atoms with Crippen molar-refractivity contribution in [3.05, 3.63) is 65.7 Å². The van der Waals surface area contributed by atoms with Gasteiger partial charge in [0.25, 0.3) is 0 Å². The van der Waals surface area contributed by atoms with Crippen LogP contribution in [0.3, 0.4) is 0 Å². The molecule has 6 nitrogen and oxygen atoms in total. The maximum atomic E-state index is 13.4. The summed E-state index contributed by atoms with van der Waals surface area (Å²) in [7, 11) is -3.62. The fourth-order valence-electron chi connectivity index (χ4n) is 4.20. The average Bonchev–Trinajstić information content (AvgIpc) is 3.19. The van der Waals surface area contributed by atoms with Crippen LogP contribution in [0.25, 0.3) is 0 Å². The first-order chi connectivity index (χ1) is 13.0. The van der Waals surface area contributed by atoms with Gasteiger partial charge in [-0.3, -0.25) is 0 Å². The highest BCUT2D eigenvalue weighted by Gasteiger charge is 2.57. The maximum Gasteiger partial charge on any atom is 0.317 e. The van der Waals surface area contributed by atoms with Gasteiger partial charge >= 0.3 is 6.03 Å². The number of amides is 2. The molecule has 2 amide bonds. The minimum absolute atomic E-state index is 0.143. The van der Waals surface area contributed by atoms with E-state index in [2.05, 4.69) is 5.32 Å². The molecule has 2 aromatic carbocycles. The first kappa shape index (κ1) is 18.0. The number of nitrogens with zero attached hydrogens (tertiary/aromatic N) is 2. The Morgan fingerprint density at radius 1 is 1.11 bits per heavy atom. The number of carbonyl (C=O) groups excluding carboxylic acids is 1. The number of hydrogen-bond acceptors (Lipinski definition) is 3. The second kappa shape index (κ2) is 6.65. The van der Waals surface area contributed by atoms with Gasteiger partial charge in [0.1, 0.15) is 0 Å². The molecule has 1 spiro atoms. The maximum absolute atomic E-state index is 13.4. The van der Waals surface area contributed by atoms with E-state index in [4.69, 9.17) is 0 Å². The molecular formula is C20H23N3O3S. The van der Waals surface area contributed by atoms with Gasteiger partial charge in [-0.25, -0.2) is 13.2 Å². The van der Waals surface area contributed by atoms with Crippen molar-refractivity contribution in [3.8, 4) is 0 Å². The van der Waals surface area contributed by atoms with Crippen molar-refractivity contribution >= 4 is 16.1 Å². The van der Waals surface area contributed by atoms with Crippen LogP contribution in [0.4, 0.5) is 4.79 Å². The lowest BCUT2D eigenvalue weighted by atomic mass is 9.88. The van der Waals surface area contributed by atoms with Gasteiger partial charge in [-0.1, -0.05) is 48.5 Å². The van der Waals surface area contributed by atoms with Crippen LogP contribution in [0.1, 0.15) is 24.5 Å². The first-order valence-corrected chi connectivity index (χ1v) is 10.6. The molecule has 2 aliphatic rings.